The molecule has 3 amide bonds. The van der Waals surface area contributed by atoms with Gasteiger partial charge in [0.15, 0.2) is 0 Å². The molecule has 0 radical (unpaired) electrons. The minimum atomic E-state index is -1.03. The molecule has 3 unspecified atom stereocenters. The first-order valence-corrected chi connectivity index (χ1v) is 14.1. The van der Waals surface area contributed by atoms with Crippen LogP contribution in [0, 0.1) is 18.3 Å². The van der Waals surface area contributed by atoms with Gasteiger partial charge in [0.2, 0.25) is 5.91 Å². The van der Waals surface area contributed by atoms with Gasteiger partial charge in [-0.3, -0.25) is 9.59 Å². The van der Waals surface area contributed by atoms with Crippen molar-refractivity contribution in [1.82, 2.24) is 10.2 Å². The fourth-order valence-corrected chi connectivity index (χ4v) is 4.70. The second-order valence-corrected chi connectivity index (χ2v) is 11.2. The molecule has 41 heavy (non-hydrogen) atoms. The molecule has 3 aromatic rings. The Hall–Kier alpha value is -4.31. The Labute approximate surface area is 243 Å². The fourth-order valence-electron chi connectivity index (χ4n) is 4.70. The molecule has 0 bridgehead atoms. The largest absolute Gasteiger partial charge is 0.444 e. The number of rotatable bonds is 10. The van der Waals surface area contributed by atoms with Crippen LogP contribution < -0.4 is 10.6 Å². The van der Waals surface area contributed by atoms with Gasteiger partial charge in [0, 0.05) is 17.8 Å². The van der Waals surface area contributed by atoms with Crippen LogP contribution >= 0.6 is 0 Å². The zero-order chi connectivity index (χ0) is 30.2. The van der Waals surface area contributed by atoms with Crippen molar-refractivity contribution >= 4 is 34.4 Å². The molecular weight excluding hydrogens is 514 g/mol. The predicted octanol–water partition coefficient (Wildman–Crippen LogP) is 6.68. The molecule has 0 fully saturated rings. The summed E-state index contributed by atoms with van der Waals surface area (Å²) in [6, 6.07) is 18.7. The smallest absolute Gasteiger partial charge is 0.408 e. The number of hydrogen-bond donors (Lipinski definition) is 2. The van der Waals surface area contributed by atoms with Crippen molar-refractivity contribution in [2.45, 2.75) is 72.1 Å². The molecule has 0 saturated carbocycles. The summed E-state index contributed by atoms with van der Waals surface area (Å²) < 4.78 is 5.47. The number of anilines is 1. The summed E-state index contributed by atoms with van der Waals surface area (Å²) in [6.07, 6.45) is 6.38. The summed E-state index contributed by atoms with van der Waals surface area (Å²) in [5.74, 6) is 1.67. The molecule has 0 heterocycles. The van der Waals surface area contributed by atoms with Crippen LogP contribution in [0.1, 0.15) is 71.6 Å². The van der Waals surface area contributed by atoms with E-state index in [4.69, 9.17) is 11.2 Å². The molecule has 0 aliphatic carbocycles. The van der Waals surface area contributed by atoms with Crippen molar-refractivity contribution < 1.29 is 19.1 Å². The highest BCUT2D eigenvalue weighted by Crippen LogP contribution is 2.29. The normalized spacial score (nSPS) is 13.4. The van der Waals surface area contributed by atoms with E-state index in [-0.39, 0.29) is 18.4 Å². The lowest BCUT2D eigenvalue weighted by molar-refractivity contribution is -0.141. The number of alkyl carbamates (subject to hydrolysis) is 1. The average molecular weight is 556 g/mol. The van der Waals surface area contributed by atoms with Crippen LogP contribution in [-0.4, -0.2) is 41.0 Å². The SMILES string of the molecule is C#Cc1ccccc1C(C(=O)Nc1ccc2ccccc2c1)N(CCC)C(=O)C(NC(=O)OC(C)(C)C)C(C)CC. The number of hydrogen-bond acceptors (Lipinski definition) is 4. The summed E-state index contributed by atoms with van der Waals surface area (Å²) in [4.78, 5) is 42.7. The Morgan fingerprint density at radius 1 is 0.976 bits per heavy atom. The average Bonchev–Trinajstić information content (AvgIpc) is 2.94. The van der Waals surface area contributed by atoms with Crippen LogP contribution in [-0.2, 0) is 14.3 Å². The van der Waals surface area contributed by atoms with E-state index in [9.17, 15) is 14.4 Å². The molecule has 3 rings (SSSR count). The molecule has 216 valence electrons. The standard InChI is InChI=1S/C34H41N3O4/c1-8-21-37(32(39)29(23(4)9-2)36-33(40)41-34(5,6)7)30(28-18-14-13-15-24(28)10-3)31(38)35-27-20-19-25-16-11-12-17-26(25)22-27/h3,11-20,22-23,29-30H,8-9,21H2,1-2,4-7H3,(H,35,38)(H,36,40). The number of nitrogens with one attached hydrogen (secondary N) is 2. The number of nitrogens with zero attached hydrogens (tertiary/aromatic N) is 1. The number of ether oxygens (including phenoxy) is 1. The molecule has 0 saturated heterocycles. The molecule has 0 aliphatic heterocycles. The summed E-state index contributed by atoms with van der Waals surface area (Å²) in [5.41, 5.74) is 0.922. The summed E-state index contributed by atoms with van der Waals surface area (Å²) in [7, 11) is 0. The number of carbonyl (C=O) groups is 3. The first-order chi connectivity index (χ1) is 19.5. The fraction of sp³-hybridized carbons (Fsp3) is 0.382. The van der Waals surface area contributed by atoms with Gasteiger partial charge >= 0.3 is 6.09 Å². The monoisotopic (exact) mass is 555 g/mol. The molecule has 0 aliphatic rings. The maximum absolute atomic E-state index is 14.3. The quantitative estimate of drug-likeness (QED) is 0.273. The minimum Gasteiger partial charge on any atom is -0.444 e. The predicted molar refractivity (Wildman–Crippen MR) is 164 cm³/mol. The van der Waals surface area contributed by atoms with Gasteiger partial charge in [-0.15, -0.1) is 6.42 Å². The third-order valence-electron chi connectivity index (χ3n) is 6.89. The highest BCUT2D eigenvalue weighted by atomic mass is 16.6. The van der Waals surface area contributed by atoms with Crippen molar-refractivity contribution in [2.24, 2.45) is 5.92 Å². The first kappa shape index (κ1) is 31.2. The molecular formula is C34H41N3O4. The zero-order valence-corrected chi connectivity index (χ0v) is 24.9. The Balaban J connectivity index is 2.06. The van der Waals surface area contributed by atoms with Gasteiger partial charge in [0.1, 0.15) is 17.7 Å². The summed E-state index contributed by atoms with van der Waals surface area (Å²) in [6.45, 7) is 11.3. The first-order valence-electron chi connectivity index (χ1n) is 14.1. The highest BCUT2D eigenvalue weighted by molar-refractivity contribution is 6.00. The lowest BCUT2D eigenvalue weighted by atomic mass is 9.94. The van der Waals surface area contributed by atoms with E-state index in [1.54, 1.807) is 45.0 Å². The van der Waals surface area contributed by atoms with E-state index in [0.29, 0.717) is 29.7 Å². The summed E-state index contributed by atoms with van der Waals surface area (Å²) in [5, 5.41) is 7.83. The number of fused-ring (bicyclic) bond motifs is 1. The third kappa shape index (κ3) is 8.11. The highest BCUT2D eigenvalue weighted by Gasteiger charge is 2.38. The number of terminal acetylenes is 1. The van der Waals surface area contributed by atoms with Gasteiger partial charge in [0.25, 0.3) is 5.91 Å². The van der Waals surface area contributed by atoms with E-state index >= 15 is 0 Å². The lowest BCUT2D eigenvalue weighted by Crippen LogP contribution is -2.55. The second-order valence-electron chi connectivity index (χ2n) is 11.2. The van der Waals surface area contributed by atoms with Crippen LogP contribution in [0.15, 0.2) is 66.7 Å². The summed E-state index contributed by atoms with van der Waals surface area (Å²) >= 11 is 0. The van der Waals surface area contributed by atoms with E-state index in [1.165, 1.54) is 4.90 Å². The lowest BCUT2D eigenvalue weighted by Gasteiger charge is -2.36. The minimum absolute atomic E-state index is 0.221. The van der Waals surface area contributed by atoms with Crippen molar-refractivity contribution in [3.05, 3.63) is 77.9 Å². The topological polar surface area (TPSA) is 87.7 Å². The van der Waals surface area contributed by atoms with E-state index < -0.39 is 29.7 Å². The second kappa shape index (κ2) is 13.8. The zero-order valence-electron chi connectivity index (χ0n) is 24.9. The third-order valence-corrected chi connectivity index (χ3v) is 6.89. The van der Waals surface area contributed by atoms with Crippen LogP contribution in [0.25, 0.3) is 10.8 Å². The van der Waals surface area contributed by atoms with E-state index in [1.807, 2.05) is 63.2 Å². The Bertz CT molecular complexity index is 1420. The van der Waals surface area contributed by atoms with Gasteiger partial charge in [-0.1, -0.05) is 81.6 Å². The van der Waals surface area contributed by atoms with Crippen LogP contribution in [0.4, 0.5) is 10.5 Å². The van der Waals surface area contributed by atoms with Crippen molar-refractivity contribution in [1.29, 1.82) is 0 Å². The van der Waals surface area contributed by atoms with E-state index in [0.717, 1.165) is 10.8 Å². The number of carbonyl (C=O) groups excluding carboxylic acids is 3. The van der Waals surface area contributed by atoms with Gasteiger partial charge in [-0.25, -0.2) is 4.79 Å². The van der Waals surface area contributed by atoms with Gasteiger partial charge in [-0.05, 0) is 67.6 Å². The molecule has 0 spiro atoms. The van der Waals surface area contributed by atoms with Crippen molar-refractivity contribution in [2.75, 3.05) is 11.9 Å². The Kier molecular flexibility index (Phi) is 10.5. The molecule has 2 N–H and O–H groups in total. The molecule has 7 heteroatoms. The van der Waals surface area contributed by atoms with Gasteiger partial charge in [-0.2, -0.15) is 0 Å². The maximum atomic E-state index is 14.3. The van der Waals surface area contributed by atoms with Crippen LogP contribution in [0.5, 0.6) is 0 Å². The van der Waals surface area contributed by atoms with Crippen LogP contribution in [0.3, 0.4) is 0 Å². The van der Waals surface area contributed by atoms with Gasteiger partial charge < -0.3 is 20.3 Å². The molecule has 3 atom stereocenters. The van der Waals surface area contributed by atoms with Crippen molar-refractivity contribution in [3.63, 3.8) is 0 Å². The number of amides is 3. The Morgan fingerprint density at radius 2 is 1.63 bits per heavy atom. The molecule has 0 aromatic heterocycles. The van der Waals surface area contributed by atoms with Crippen molar-refractivity contribution in [3.8, 4) is 12.3 Å². The van der Waals surface area contributed by atoms with Crippen LogP contribution in [0.2, 0.25) is 0 Å². The van der Waals surface area contributed by atoms with Gasteiger partial charge in [0.05, 0.1) is 0 Å². The number of benzene rings is 3. The molecule has 3 aromatic carbocycles. The van der Waals surface area contributed by atoms with E-state index in [2.05, 4.69) is 16.6 Å². The maximum Gasteiger partial charge on any atom is 0.408 e. The Morgan fingerprint density at radius 3 is 2.27 bits per heavy atom. The molecule has 7 nitrogen and oxygen atoms in total.